The second-order valence-electron chi connectivity index (χ2n) is 2.56. The van der Waals surface area contributed by atoms with Crippen LogP contribution in [0.3, 0.4) is 0 Å². The molecule has 1 amide bonds. The lowest BCUT2D eigenvalue weighted by Gasteiger charge is -2.05. The first-order valence-electron chi connectivity index (χ1n) is 3.65. The van der Waals surface area contributed by atoms with E-state index in [1.807, 2.05) is 0 Å². The SMILES string of the molecule is NC(=O)Cc1cncc(Cl)c1CO. The highest BCUT2D eigenvalue weighted by Crippen LogP contribution is 2.18. The van der Waals surface area contributed by atoms with E-state index in [4.69, 9.17) is 22.4 Å². The smallest absolute Gasteiger partial charge is 0.221 e. The Kier molecular flexibility index (Phi) is 3.22. The van der Waals surface area contributed by atoms with E-state index in [-0.39, 0.29) is 13.0 Å². The zero-order valence-corrected chi connectivity index (χ0v) is 7.58. The molecule has 0 spiro atoms. The summed E-state index contributed by atoms with van der Waals surface area (Å²) in [6, 6.07) is 0. The first-order valence-corrected chi connectivity index (χ1v) is 4.03. The summed E-state index contributed by atoms with van der Waals surface area (Å²) in [6.45, 7) is -0.218. The lowest BCUT2D eigenvalue weighted by Crippen LogP contribution is -2.15. The average Bonchev–Trinajstić information content (AvgIpc) is 2.03. The third-order valence-corrected chi connectivity index (χ3v) is 1.94. The van der Waals surface area contributed by atoms with E-state index in [1.165, 1.54) is 12.4 Å². The summed E-state index contributed by atoms with van der Waals surface area (Å²) in [5.74, 6) is -0.473. The minimum absolute atomic E-state index is 0.0451. The van der Waals surface area contributed by atoms with Crippen LogP contribution in [0, 0.1) is 0 Å². The molecule has 70 valence electrons. The minimum Gasteiger partial charge on any atom is -0.392 e. The molecule has 5 heteroatoms. The molecule has 13 heavy (non-hydrogen) atoms. The topological polar surface area (TPSA) is 76.2 Å². The molecule has 0 unspecified atom stereocenters. The number of hydrogen-bond donors (Lipinski definition) is 2. The van der Waals surface area contributed by atoms with Crippen LogP contribution in [0.15, 0.2) is 12.4 Å². The Hall–Kier alpha value is -1.13. The van der Waals surface area contributed by atoms with Gasteiger partial charge >= 0.3 is 0 Å². The van der Waals surface area contributed by atoms with Gasteiger partial charge in [-0.05, 0) is 5.56 Å². The molecule has 0 aliphatic rings. The average molecular weight is 201 g/mol. The van der Waals surface area contributed by atoms with E-state index in [1.54, 1.807) is 0 Å². The molecular weight excluding hydrogens is 192 g/mol. The summed E-state index contributed by atoms with van der Waals surface area (Å²) in [7, 11) is 0. The Labute approximate surface area is 80.3 Å². The number of amides is 1. The van der Waals surface area contributed by atoms with Crippen molar-refractivity contribution in [2.75, 3.05) is 0 Å². The van der Waals surface area contributed by atoms with Crippen molar-refractivity contribution in [3.8, 4) is 0 Å². The maximum Gasteiger partial charge on any atom is 0.221 e. The molecule has 0 aliphatic carbocycles. The zero-order chi connectivity index (χ0) is 9.84. The van der Waals surface area contributed by atoms with Gasteiger partial charge in [-0.3, -0.25) is 9.78 Å². The number of aromatic nitrogens is 1. The Balaban J connectivity index is 3.05. The summed E-state index contributed by atoms with van der Waals surface area (Å²) in [5, 5.41) is 9.30. The van der Waals surface area contributed by atoms with E-state index in [2.05, 4.69) is 4.98 Å². The van der Waals surface area contributed by atoms with Gasteiger partial charge in [0.15, 0.2) is 0 Å². The van der Waals surface area contributed by atoms with Gasteiger partial charge in [-0.1, -0.05) is 11.6 Å². The van der Waals surface area contributed by atoms with E-state index in [0.717, 1.165) is 0 Å². The number of rotatable bonds is 3. The predicted molar refractivity (Wildman–Crippen MR) is 48.1 cm³/mol. The van der Waals surface area contributed by atoms with E-state index < -0.39 is 5.91 Å². The fourth-order valence-electron chi connectivity index (χ4n) is 1.02. The third kappa shape index (κ3) is 2.40. The van der Waals surface area contributed by atoms with Crippen molar-refractivity contribution in [1.82, 2.24) is 4.98 Å². The maximum atomic E-state index is 10.6. The van der Waals surface area contributed by atoms with Crippen molar-refractivity contribution < 1.29 is 9.90 Å². The van der Waals surface area contributed by atoms with Crippen molar-refractivity contribution in [1.29, 1.82) is 0 Å². The lowest BCUT2D eigenvalue weighted by atomic mass is 10.1. The fraction of sp³-hybridized carbons (Fsp3) is 0.250. The van der Waals surface area contributed by atoms with Crippen LogP contribution in [0.5, 0.6) is 0 Å². The molecule has 0 bridgehead atoms. The van der Waals surface area contributed by atoms with Gasteiger partial charge in [-0.15, -0.1) is 0 Å². The van der Waals surface area contributed by atoms with Gasteiger partial charge in [-0.2, -0.15) is 0 Å². The maximum absolute atomic E-state index is 10.6. The molecule has 0 saturated carbocycles. The van der Waals surface area contributed by atoms with Crippen LogP contribution in [0.2, 0.25) is 5.02 Å². The molecule has 4 nitrogen and oxygen atoms in total. The standard InChI is InChI=1S/C8H9ClN2O2/c9-7-3-11-2-5(1-8(10)13)6(7)4-12/h2-3,12H,1,4H2,(H2,10,13). The van der Waals surface area contributed by atoms with Crippen molar-refractivity contribution >= 4 is 17.5 Å². The number of carbonyl (C=O) groups is 1. The molecular formula is C8H9ClN2O2. The summed E-state index contributed by atoms with van der Waals surface area (Å²) in [5.41, 5.74) is 6.09. The fourth-order valence-corrected chi connectivity index (χ4v) is 1.26. The number of pyridine rings is 1. The van der Waals surface area contributed by atoms with Gasteiger partial charge in [-0.25, -0.2) is 0 Å². The molecule has 0 saturated heterocycles. The molecule has 3 N–H and O–H groups in total. The van der Waals surface area contributed by atoms with Gasteiger partial charge in [0.25, 0.3) is 0 Å². The number of primary amides is 1. The summed E-state index contributed by atoms with van der Waals surface area (Å²) < 4.78 is 0. The van der Waals surface area contributed by atoms with Crippen LogP contribution >= 0.6 is 11.6 Å². The normalized spacial score (nSPS) is 10.0. The predicted octanol–water partition coefficient (Wildman–Crippen LogP) is 0.255. The minimum atomic E-state index is -0.473. The summed E-state index contributed by atoms with van der Waals surface area (Å²) >= 11 is 5.74. The highest BCUT2D eigenvalue weighted by Gasteiger charge is 2.08. The van der Waals surface area contributed by atoms with Crippen molar-refractivity contribution in [2.45, 2.75) is 13.0 Å². The van der Waals surface area contributed by atoms with Crippen LogP contribution in [0.4, 0.5) is 0 Å². The third-order valence-electron chi connectivity index (χ3n) is 1.62. The highest BCUT2D eigenvalue weighted by atomic mass is 35.5. The molecule has 1 aromatic rings. The van der Waals surface area contributed by atoms with Crippen LogP contribution in [0.25, 0.3) is 0 Å². The van der Waals surface area contributed by atoms with Crippen LogP contribution in [-0.2, 0) is 17.8 Å². The van der Waals surface area contributed by atoms with Gasteiger partial charge < -0.3 is 10.8 Å². The Morgan fingerprint density at radius 2 is 2.31 bits per heavy atom. The molecule has 1 aromatic heterocycles. The highest BCUT2D eigenvalue weighted by molar-refractivity contribution is 6.31. The Bertz CT molecular complexity index is 328. The van der Waals surface area contributed by atoms with Gasteiger partial charge in [0, 0.05) is 18.0 Å². The van der Waals surface area contributed by atoms with Crippen molar-refractivity contribution in [2.24, 2.45) is 5.73 Å². The number of halogens is 1. The Morgan fingerprint density at radius 3 is 2.85 bits per heavy atom. The number of aliphatic hydroxyl groups is 1. The van der Waals surface area contributed by atoms with Crippen LogP contribution in [0.1, 0.15) is 11.1 Å². The first-order chi connectivity index (χ1) is 6.15. The van der Waals surface area contributed by atoms with Crippen molar-refractivity contribution in [3.63, 3.8) is 0 Å². The molecule has 1 heterocycles. The van der Waals surface area contributed by atoms with E-state index in [9.17, 15) is 4.79 Å². The molecule has 1 rings (SSSR count). The molecule has 0 aliphatic heterocycles. The number of hydrogen-bond acceptors (Lipinski definition) is 3. The number of nitrogens with two attached hydrogens (primary N) is 1. The molecule has 0 radical (unpaired) electrons. The number of nitrogens with zero attached hydrogens (tertiary/aromatic N) is 1. The monoisotopic (exact) mass is 200 g/mol. The van der Waals surface area contributed by atoms with Crippen molar-refractivity contribution in [3.05, 3.63) is 28.5 Å². The number of aliphatic hydroxyl groups excluding tert-OH is 1. The zero-order valence-electron chi connectivity index (χ0n) is 6.83. The summed E-state index contributed by atoms with van der Waals surface area (Å²) in [4.78, 5) is 14.4. The Morgan fingerprint density at radius 1 is 1.62 bits per heavy atom. The van der Waals surface area contributed by atoms with E-state index in [0.29, 0.717) is 16.1 Å². The van der Waals surface area contributed by atoms with Crippen LogP contribution < -0.4 is 5.73 Å². The first kappa shape index (κ1) is 9.95. The quantitative estimate of drug-likeness (QED) is 0.735. The number of carbonyl (C=O) groups excluding carboxylic acids is 1. The second kappa shape index (κ2) is 4.20. The summed E-state index contributed by atoms with van der Waals surface area (Å²) in [6.07, 6.45) is 2.93. The largest absolute Gasteiger partial charge is 0.392 e. The molecule has 0 aromatic carbocycles. The second-order valence-corrected chi connectivity index (χ2v) is 2.97. The lowest BCUT2D eigenvalue weighted by molar-refractivity contribution is -0.117. The van der Waals surface area contributed by atoms with Gasteiger partial charge in [0.1, 0.15) is 0 Å². The molecule has 0 atom stereocenters. The van der Waals surface area contributed by atoms with E-state index >= 15 is 0 Å². The van der Waals surface area contributed by atoms with Gasteiger partial charge in [0.05, 0.1) is 18.1 Å². The van der Waals surface area contributed by atoms with Gasteiger partial charge in [0.2, 0.25) is 5.91 Å². The molecule has 0 fully saturated rings. The van der Waals surface area contributed by atoms with Crippen LogP contribution in [-0.4, -0.2) is 16.0 Å².